The van der Waals surface area contributed by atoms with Crippen LogP contribution in [0.4, 0.5) is 0 Å². The molecule has 0 spiro atoms. The molecule has 2 heterocycles. The Morgan fingerprint density at radius 1 is 1.44 bits per heavy atom. The predicted octanol–water partition coefficient (Wildman–Crippen LogP) is 1.78. The summed E-state index contributed by atoms with van der Waals surface area (Å²) < 4.78 is 5.46. The first-order valence-corrected chi connectivity index (χ1v) is 6.20. The topological polar surface area (TPSA) is 54.1 Å². The van der Waals surface area contributed by atoms with Crippen LogP contribution in [-0.4, -0.2) is 23.9 Å². The molecule has 0 unspecified atom stereocenters. The van der Waals surface area contributed by atoms with E-state index in [2.05, 4.69) is 10.3 Å². The Morgan fingerprint density at radius 3 is 3.17 bits per heavy atom. The lowest BCUT2D eigenvalue weighted by Crippen LogP contribution is -2.22. The molecular weight excluding hydrogens is 228 g/mol. The van der Waals surface area contributed by atoms with Gasteiger partial charge in [-0.3, -0.25) is 4.79 Å². The van der Waals surface area contributed by atoms with Gasteiger partial charge in [-0.15, -0.1) is 0 Å². The molecule has 1 aromatic heterocycles. The monoisotopic (exact) mass is 244 g/mol. The van der Waals surface area contributed by atoms with Crippen LogP contribution in [0.2, 0.25) is 0 Å². The van der Waals surface area contributed by atoms with Crippen molar-refractivity contribution in [2.45, 2.75) is 19.9 Å². The minimum atomic E-state index is 0.0374. The summed E-state index contributed by atoms with van der Waals surface area (Å²) in [5.41, 5.74) is 3.77. The zero-order chi connectivity index (χ0) is 12.5. The van der Waals surface area contributed by atoms with Gasteiger partial charge < -0.3 is 15.0 Å². The normalized spacial score (nSPS) is 14.5. The van der Waals surface area contributed by atoms with E-state index >= 15 is 0 Å². The fourth-order valence-electron chi connectivity index (χ4n) is 2.42. The Balaban J connectivity index is 1.97. The van der Waals surface area contributed by atoms with Crippen molar-refractivity contribution >= 4 is 16.7 Å². The lowest BCUT2D eigenvalue weighted by molar-refractivity contribution is -0.118. The molecule has 0 atom stereocenters. The number of fused-ring (bicyclic) bond motifs is 3. The first kappa shape index (κ1) is 11.3. The highest BCUT2D eigenvalue weighted by Crippen LogP contribution is 2.28. The van der Waals surface area contributed by atoms with E-state index < -0.39 is 0 Å². The van der Waals surface area contributed by atoms with Crippen LogP contribution in [0.15, 0.2) is 18.2 Å². The van der Waals surface area contributed by atoms with E-state index in [1.165, 1.54) is 23.6 Å². The molecule has 4 nitrogen and oxygen atoms in total. The average Bonchev–Trinajstić information content (AvgIpc) is 2.74. The smallest absolute Gasteiger partial charge is 0.167 e. The fourth-order valence-corrected chi connectivity index (χ4v) is 2.42. The minimum absolute atomic E-state index is 0.0374. The molecule has 3 rings (SSSR count). The van der Waals surface area contributed by atoms with E-state index in [0.717, 1.165) is 30.8 Å². The third kappa shape index (κ3) is 1.99. The van der Waals surface area contributed by atoms with Gasteiger partial charge in [-0.25, -0.2) is 0 Å². The van der Waals surface area contributed by atoms with E-state index in [9.17, 15) is 4.79 Å². The molecule has 1 aliphatic rings. The Bertz CT molecular complexity index is 601. The van der Waals surface area contributed by atoms with Gasteiger partial charge in [0.25, 0.3) is 0 Å². The number of ether oxygens (including phenoxy) is 1. The van der Waals surface area contributed by atoms with Crippen molar-refractivity contribution in [2.75, 3.05) is 13.2 Å². The maximum Gasteiger partial charge on any atom is 0.167 e. The van der Waals surface area contributed by atoms with Gasteiger partial charge in [-0.2, -0.15) is 0 Å². The van der Waals surface area contributed by atoms with Crippen LogP contribution in [0.25, 0.3) is 10.9 Å². The second-order valence-corrected chi connectivity index (χ2v) is 4.71. The van der Waals surface area contributed by atoms with E-state index in [4.69, 9.17) is 4.74 Å². The van der Waals surface area contributed by atoms with E-state index in [-0.39, 0.29) is 12.4 Å². The van der Waals surface area contributed by atoms with Crippen LogP contribution in [0, 0.1) is 0 Å². The number of nitrogens with one attached hydrogen (secondary N) is 2. The molecule has 2 aromatic rings. The van der Waals surface area contributed by atoms with Crippen LogP contribution >= 0.6 is 0 Å². The first-order valence-electron chi connectivity index (χ1n) is 6.20. The number of ketones is 1. The number of hydrogen-bond acceptors (Lipinski definition) is 3. The summed E-state index contributed by atoms with van der Waals surface area (Å²) in [4.78, 5) is 14.3. The summed E-state index contributed by atoms with van der Waals surface area (Å²) in [7, 11) is 0. The van der Waals surface area contributed by atoms with Gasteiger partial charge in [-0.1, -0.05) is 0 Å². The zero-order valence-corrected chi connectivity index (χ0v) is 10.4. The number of carbonyl (C=O) groups excluding carboxylic acids is 1. The van der Waals surface area contributed by atoms with E-state index in [1.807, 2.05) is 18.2 Å². The molecule has 0 radical (unpaired) electrons. The molecule has 0 bridgehead atoms. The average molecular weight is 244 g/mol. The Morgan fingerprint density at radius 2 is 2.33 bits per heavy atom. The maximum absolute atomic E-state index is 10.9. The lowest BCUT2D eigenvalue weighted by atomic mass is 10.0. The summed E-state index contributed by atoms with van der Waals surface area (Å²) >= 11 is 0. The number of benzene rings is 1. The van der Waals surface area contributed by atoms with Crippen molar-refractivity contribution in [1.82, 2.24) is 10.3 Å². The highest BCUT2D eigenvalue weighted by Gasteiger charge is 2.15. The van der Waals surface area contributed by atoms with Gasteiger partial charge >= 0.3 is 0 Å². The maximum atomic E-state index is 10.9. The van der Waals surface area contributed by atoms with Crippen LogP contribution in [-0.2, 0) is 17.8 Å². The van der Waals surface area contributed by atoms with Gasteiger partial charge in [0.05, 0.1) is 0 Å². The third-order valence-corrected chi connectivity index (χ3v) is 3.26. The Labute approximate surface area is 105 Å². The van der Waals surface area contributed by atoms with Gasteiger partial charge in [-0.05, 0) is 43.7 Å². The fraction of sp³-hybridized carbons (Fsp3) is 0.357. The molecule has 0 amide bonds. The second kappa shape index (κ2) is 4.46. The van der Waals surface area contributed by atoms with Crippen LogP contribution in [0.1, 0.15) is 18.2 Å². The summed E-state index contributed by atoms with van der Waals surface area (Å²) in [5.74, 6) is 0.799. The number of Topliss-reactive ketones (excluding diaryl/α,β-unsaturated/α-hetero) is 1. The van der Waals surface area contributed by atoms with Crippen molar-refractivity contribution in [3.63, 3.8) is 0 Å². The second-order valence-electron chi connectivity index (χ2n) is 4.71. The van der Waals surface area contributed by atoms with E-state index in [0.29, 0.717) is 0 Å². The number of rotatable bonds is 3. The van der Waals surface area contributed by atoms with Gasteiger partial charge in [0.1, 0.15) is 12.4 Å². The van der Waals surface area contributed by atoms with Crippen LogP contribution in [0.5, 0.6) is 5.75 Å². The van der Waals surface area contributed by atoms with Gasteiger partial charge in [0.2, 0.25) is 0 Å². The standard InChI is InChI=1S/C14H16N2O2/c1-9(17)8-18-10-2-3-13-12(6-10)11-4-5-15-7-14(11)16-13/h2-3,6,15-16H,4-5,7-8H2,1H3. The molecule has 18 heavy (non-hydrogen) atoms. The van der Waals surface area contributed by atoms with E-state index in [1.54, 1.807) is 0 Å². The van der Waals surface area contributed by atoms with Crippen molar-refractivity contribution in [3.05, 3.63) is 29.5 Å². The first-order chi connectivity index (χ1) is 8.74. The number of aromatic amines is 1. The molecule has 2 N–H and O–H groups in total. The molecule has 0 fully saturated rings. The van der Waals surface area contributed by atoms with Crippen molar-refractivity contribution in [1.29, 1.82) is 0 Å². The summed E-state index contributed by atoms with van der Waals surface area (Å²) in [5, 5.41) is 4.56. The van der Waals surface area contributed by atoms with Crippen molar-refractivity contribution in [2.24, 2.45) is 0 Å². The molecule has 1 aliphatic heterocycles. The lowest BCUT2D eigenvalue weighted by Gasteiger charge is -2.12. The highest BCUT2D eigenvalue weighted by molar-refractivity contribution is 5.86. The Hall–Kier alpha value is -1.81. The molecule has 1 aromatic carbocycles. The van der Waals surface area contributed by atoms with Gasteiger partial charge in [0.15, 0.2) is 5.78 Å². The van der Waals surface area contributed by atoms with Crippen LogP contribution < -0.4 is 10.1 Å². The third-order valence-electron chi connectivity index (χ3n) is 3.26. The number of H-pyrrole nitrogens is 1. The molecule has 4 heteroatoms. The molecule has 94 valence electrons. The van der Waals surface area contributed by atoms with Gasteiger partial charge in [0, 0.05) is 23.1 Å². The zero-order valence-electron chi connectivity index (χ0n) is 10.4. The summed E-state index contributed by atoms with van der Waals surface area (Å²) in [6.45, 7) is 3.58. The summed E-state index contributed by atoms with van der Waals surface area (Å²) in [6, 6.07) is 5.95. The summed E-state index contributed by atoms with van der Waals surface area (Å²) in [6.07, 6.45) is 1.03. The highest BCUT2D eigenvalue weighted by atomic mass is 16.5. The number of hydrogen-bond donors (Lipinski definition) is 2. The molecule has 0 saturated heterocycles. The predicted molar refractivity (Wildman–Crippen MR) is 69.9 cm³/mol. The number of aromatic nitrogens is 1. The molecule has 0 aliphatic carbocycles. The molecule has 0 saturated carbocycles. The SMILES string of the molecule is CC(=O)COc1ccc2[nH]c3c(c2c1)CCNC3. The molecular formula is C14H16N2O2. The van der Waals surface area contributed by atoms with Crippen molar-refractivity contribution in [3.8, 4) is 5.75 Å². The van der Waals surface area contributed by atoms with Crippen LogP contribution in [0.3, 0.4) is 0 Å². The Kier molecular flexibility index (Phi) is 2.80. The number of carbonyl (C=O) groups is 1. The largest absolute Gasteiger partial charge is 0.486 e. The van der Waals surface area contributed by atoms with Crippen molar-refractivity contribution < 1.29 is 9.53 Å². The quantitative estimate of drug-likeness (QED) is 0.865. The minimum Gasteiger partial charge on any atom is -0.486 e.